The number of hydrogen-bond donors (Lipinski definition) is 0. The number of rotatable bonds is 8. The summed E-state index contributed by atoms with van der Waals surface area (Å²) in [6.07, 6.45) is 1.79. The first-order chi connectivity index (χ1) is 13.7. The number of benzene rings is 2. The Labute approximate surface area is 172 Å². The third-order valence-corrected chi connectivity index (χ3v) is 6.09. The van der Waals surface area contributed by atoms with Crippen LogP contribution in [0.2, 0.25) is 0 Å². The summed E-state index contributed by atoms with van der Waals surface area (Å²) in [7, 11) is 3.21. The Bertz CT molecular complexity index is 1040. The normalized spacial score (nSPS) is 11.6. The molecule has 0 saturated heterocycles. The summed E-state index contributed by atoms with van der Waals surface area (Å²) < 4.78 is 13.7. The molecule has 0 aliphatic heterocycles. The van der Waals surface area contributed by atoms with Gasteiger partial charge in [-0.3, -0.25) is 4.79 Å². The molecule has 0 aliphatic rings. The molecule has 0 N–H and O–H groups in total. The molecule has 1 amide bonds. The molecule has 3 aromatic rings. The minimum atomic E-state index is -0.149. The quantitative estimate of drug-likeness (QED) is 0.517. The molecule has 0 saturated carbocycles. The molecule has 28 heavy (non-hydrogen) atoms. The number of aromatic nitrogens is 1. The molecule has 0 aliphatic carbocycles. The summed E-state index contributed by atoms with van der Waals surface area (Å²) in [6.45, 7) is 4.37. The van der Waals surface area contributed by atoms with Crippen molar-refractivity contribution < 1.29 is 14.3 Å². The highest BCUT2D eigenvalue weighted by molar-refractivity contribution is 7.99. The Morgan fingerprint density at radius 2 is 1.93 bits per heavy atom. The van der Waals surface area contributed by atoms with Gasteiger partial charge >= 0.3 is 0 Å². The number of carbonyl (C=O) groups is 1. The van der Waals surface area contributed by atoms with Crippen LogP contribution in [0.25, 0.3) is 10.2 Å². The van der Waals surface area contributed by atoms with Crippen molar-refractivity contribution in [3.63, 3.8) is 0 Å². The third kappa shape index (κ3) is 4.66. The van der Waals surface area contributed by atoms with Crippen LogP contribution in [-0.4, -0.2) is 30.4 Å². The van der Waals surface area contributed by atoms with Gasteiger partial charge in [0, 0.05) is 24.4 Å². The first kappa shape index (κ1) is 20.2. The van der Waals surface area contributed by atoms with Crippen LogP contribution in [0.3, 0.4) is 0 Å². The second-order valence-electron chi connectivity index (χ2n) is 5.94. The second kappa shape index (κ2) is 9.61. The minimum absolute atomic E-state index is 0.149. The molecular weight excluding hydrogens is 392 g/mol. The zero-order valence-corrected chi connectivity index (χ0v) is 17.5. The molecule has 5 nitrogen and oxygen atoms in total. The second-order valence-corrected chi connectivity index (χ2v) is 7.94. The van der Waals surface area contributed by atoms with Gasteiger partial charge in [0.1, 0.15) is 0 Å². The van der Waals surface area contributed by atoms with Gasteiger partial charge in [0.15, 0.2) is 16.3 Å². The summed E-state index contributed by atoms with van der Waals surface area (Å²) >= 11 is 3.02. The van der Waals surface area contributed by atoms with Gasteiger partial charge in [-0.1, -0.05) is 47.7 Å². The summed E-state index contributed by atoms with van der Waals surface area (Å²) in [6, 6.07) is 13.9. The van der Waals surface area contributed by atoms with E-state index in [0.717, 1.165) is 16.0 Å². The number of nitrogens with zero attached hydrogens (tertiary/aromatic N) is 2. The van der Waals surface area contributed by atoms with Gasteiger partial charge in [0.05, 0.1) is 30.2 Å². The molecule has 0 radical (unpaired) electrons. The Balaban J connectivity index is 1.86. The number of thiazole rings is 1. The van der Waals surface area contributed by atoms with Crippen LogP contribution in [-0.2, 0) is 17.1 Å². The molecule has 1 aromatic heterocycles. The molecule has 3 rings (SSSR count). The van der Waals surface area contributed by atoms with Crippen molar-refractivity contribution in [2.24, 2.45) is 4.99 Å². The number of thioether (sulfide) groups is 1. The van der Waals surface area contributed by atoms with Gasteiger partial charge in [-0.25, -0.2) is 0 Å². The van der Waals surface area contributed by atoms with Crippen molar-refractivity contribution in [2.75, 3.05) is 20.0 Å². The standard InChI is InChI=1S/C21H22N2O3S2/c1-4-10-23-16-11-17(25-2)18(26-3)12-19(16)28-21(23)22-20(24)14-27-13-15-8-6-5-7-9-15/h4-9,11-12H,1,10,13-14H2,2-3H3. The Kier molecular flexibility index (Phi) is 6.95. The molecule has 2 aromatic carbocycles. The predicted molar refractivity (Wildman–Crippen MR) is 116 cm³/mol. The molecule has 0 fully saturated rings. The highest BCUT2D eigenvalue weighted by Gasteiger charge is 2.12. The van der Waals surface area contributed by atoms with Gasteiger partial charge in [-0.05, 0) is 5.56 Å². The summed E-state index contributed by atoms with van der Waals surface area (Å²) in [4.78, 5) is 17.4. The van der Waals surface area contributed by atoms with Crippen molar-refractivity contribution in [3.8, 4) is 11.5 Å². The molecular formula is C21H22N2O3S2. The molecule has 0 spiro atoms. The first-order valence-corrected chi connectivity index (χ1v) is 10.7. The number of hydrogen-bond acceptors (Lipinski definition) is 5. The fourth-order valence-corrected chi connectivity index (χ4v) is 4.59. The van der Waals surface area contributed by atoms with Gasteiger partial charge in [0.2, 0.25) is 0 Å². The van der Waals surface area contributed by atoms with Crippen molar-refractivity contribution in [2.45, 2.75) is 12.3 Å². The minimum Gasteiger partial charge on any atom is -0.493 e. The largest absolute Gasteiger partial charge is 0.493 e. The van der Waals surface area contributed by atoms with Gasteiger partial charge in [0.25, 0.3) is 5.91 Å². The lowest BCUT2D eigenvalue weighted by Crippen LogP contribution is -2.17. The maximum absolute atomic E-state index is 12.4. The van der Waals surface area contributed by atoms with Crippen molar-refractivity contribution in [1.82, 2.24) is 4.57 Å². The monoisotopic (exact) mass is 414 g/mol. The highest BCUT2D eigenvalue weighted by Crippen LogP contribution is 2.33. The maximum Gasteiger partial charge on any atom is 0.258 e. The van der Waals surface area contributed by atoms with E-state index in [1.807, 2.05) is 34.9 Å². The maximum atomic E-state index is 12.4. The van der Waals surface area contributed by atoms with E-state index in [2.05, 4.69) is 23.7 Å². The summed E-state index contributed by atoms with van der Waals surface area (Å²) in [5.41, 5.74) is 2.13. The Hall–Kier alpha value is -2.51. The third-order valence-electron chi connectivity index (χ3n) is 4.06. The van der Waals surface area contributed by atoms with Gasteiger partial charge in [-0.2, -0.15) is 4.99 Å². The molecule has 146 valence electrons. The lowest BCUT2D eigenvalue weighted by atomic mass is 10.2. The number of methoxy groups -OCH3 is 2. The smallest absolute Gasteiger partial charge is 0.258 e. The van der Waals surface area contributed by atoms with Crippen LogP contribution >= 0.6 is 23.1 Å². The SMILES string of the molecule is C=CCn1c(=NC(=O)CSCc2ccccc2)sc2cc(OC)c(OC)cc21. The molecule has 0 bridgehead atoms. The fraction of sp³-hybridized carbons (Fsp3) is 0.238. The van der Waals surface area contributed by atoms with Crippen LogP contribution in [0, 0.1) is 0 Å². The summed E-state index contributed by atoms with van der Waals surface area (Å²) in [5, 5.41) is 0. The van der Waals surface area contributed by atoms with Crippen molar-refractivity contribution in [1.29, 1.82) is 0 Å². The van der Waals surface area contributed by atoms with Crippen molar-refractivity contribution >= 4 is 39.2 Å². The topological polar surface area (TPSA) is 52.8 Å². The van der Waals surface area contributed by atoms with E-state index < -0.39 is 0 Å². The fourth-order valence-electron chi connectivity index (χ4n) is 2.76. The predicted octanol–water partition coefficient (Wildman–Crippen LogP) is 4.27. The summed E-state index contributed by atoms with van der Waals surface area (Å²) in [5.74, 6) is 2.27. The number of allylic oxidation sites excluding steroid dienone is 1. The van der Waals surface area contributed by atoms with Crippen LogP contribution < -0.4 is 14.3 Å². The average molecular weight is 415 g/mol. The lowest BCUT2D eigenvalue weighted by Gasteiger charge is -2.08. The zero-order valence-electron chi connectivity index (χ0n) is 15.9. The number of carbonyl (C=O) groups excluding carboxylic acids is 1. The first-order valence-electron chi connectivity index (χ1n) is 8.71. The Morgan fingerprint density at radius 1 is 1.21 bits per heavy atom. The number of amides is 1. The lowest BCUT2D eigenvalue weighted by molar-refractivity contribution is -0.115. The average Bonchev–Trinajstić information content (AvgIpc) is 3.04. The highest BCUT2D eigenvalue weighted by atomic mass is 32.2. The van der Waals surface area contributed by atoms with Crippen LogP contribution in [0.15, 0.2) is 60.1 Å². The zero-order chi connectivity index (χ0) is 19.9. The van der Waals surface area contributed by atoms with E-state index in [4.69, 9.17) is 9.47 Å². The van der Waals surface area contributed by atoms with Crippen LogP contribution in [0.4, 0.5) is 0 Å². The van der Waals surface area contributed by atoms with Crippen LogP contribution in [0.5, 0.6) is 11.5 Å². The number of ether oxygens (including phenoxy) is 2. The molecule has 0 atom stereocenters. The molecule has 1 heterocycles. The van der Waals surface area contributed by atoms with E-state index in [-0.39, 0.29) is 5.91 Å². The van der Waals surface area contributed by atoms with Crippen LogP contribution in [0.1, 0.15) is 5.56 Å². The van der Waals surface area contributed by atoms with Crippen molar-refractivity contribution in [3.05, 3.63) is 65.5 Å². The van der Waals surface area contributed by atoms with E-state index in [1.54, 1.807) is 32.1 Å². The van der Waals surface area contributed by atoms with Gasteiger partial charge < -0.3 is 14.0 Å². The van der Waals surface area contributed by atoms with E-state index in [0.29, 0.717) is 28.6 Å². The number of fused-ring (bicyclic) bond motifs is 1. The van der Waals surface area contributed by atoms with E-state index in [1.165, 1.54) is 16.9 Å². The Morgan fingerprint density at radius 3 is 2.61 bits per heavy atom. The molecule has 0 unspecified atom stereocenters. The molecule has 7 heteroatoms. The van der Waals surface area contributed by atoms with E-state index in [9.17, 15) is 4.79 Å². The van der Waals surface area contributed by atoms with E-state index >= 15 is 0 Å². The van der Waals surface area contributed by atoms with Gasteiger partial charge in [-0.15, -0.1) is 18.3 Å².